The van der Waals surface area contributed by atoms with E-state index in [9.17, 15) is 4.79 Å². The summed E-state index contributed by atoms with van der Waals surface area (Å²) in [5.74, 6) is 1.72. The van der Waals surface area contributed by atoms with Crippen molar-refractivity contribution in [3.63, 3.8) is 0 Å². The molecule has 1 aliphatic heterocycles. The molecule has 6 nitrogen and oxygen atoms in total. The lowest BCUT2D eigenvalue weighted by Crippen LogP contribution is -2.56. The van der Waals surface area contributed by atoms with Gasteiger partial charge in [-0.05, 0) is 31.9 Å². The minimum Gasteiger partial charge on any atom is -0.465 e. The first kappa shape index (κ1) is 14.6. The number of furan rings is 1. The quantitative estimate of drug-likeness (QED) is 0.829. The van der Waals surface area contributed by atoms with Crippen molar-refractivity contribution in [3.8, 4) is 0 Å². The third kappa shape index (κ3) is 3.28. The van der Waals surface area contributed by atoms with Crippen molar-refractivity contribution in [3.05, 3.63) is 23.7 Å². The van der Waals surface area contributed by atoms with Crippen LogP contribution in [0, 0.1) is 6.92 Å². The van der Waals surface area contributed by atoms with Gasteiger partial charge in [-0.2, -0.15) is 0 Å². The van der Waals surface area contributed by atoms with E-state index in [1.165, 1.54) is 0 Å². The Kier molecular flexibility index (Phi) is 4.28. The van der Waals surface area contributed by atoms with Gasteiger partial charge >= 0.3 is 0 Å². The summed E-state index contributed by atoms with van der Waals surface area (Å²) in [4.78, 5) is 14.5. The van der Waals surface area contributed by atoms with E-state index in [0.717, 1.165) is 24.4 Å². The second kappa shape index (κ2) is 6.17. The summed E-state index contributed by atoms with van der Waals surface area (Å²) in [5, 5.41) is 3.06. The standard InChI is InChI=1S/C15H23N3O3/c1-10-2-5-14(21-10)12(8-16)18-6-7-20-9-13(18)15(19)17-11-3-4-11/h2,5,11-13H,3-4,6-9,16H2,1H3,(H,17,19). The van der Waals surface area contributed by atoms with Gasteiger partial charge in [-0.1, -0.05) is 0 Å². The topological polar surface area (TPSA) is 80.7 Å². The van der Waals surface area contributed by atoms with E-state index in [-0.39, 0.29) is 18.0 Å². The van der Waals surface area contributed by atoms with Crippen LogP contribution < -0.4 is 11.1 Å². The third-order valence-corrected chi connectivity index (χ3v) is 4.11. The van der Waals surface area contributed by atoms with Gasteiger partial charge in [0.1, 0.15) is 17.6 Å². The Hall–Kier alpha value is -1.37. The molecular formula is C15H23N3O3. The molecule has 0 spiro atoms. The van der Waals surface area contributed by atoms with Gasteiger partial charge in [0, 0.05) is 19.1 Å². The Balaban J connectivity index is 1.76. The number of nitrogens with zero attached hydrogens (tertiary/aromatic N) is 1. The van der Waals surface area contributed by atoms with E-state index in [4.69, 9.17) is 14.9 Å². The van der Waals surface area contributed by atoms with E-state index < -0.39 is 0 Å². The molecule has 2 atom stereocenters. The van der Waals surface area contributed by atoms with Gasteiger partial charge in [0.05, 0.1) is 19.3 Å². The molecule has 2 unspecified atom stereocenters. The Labute approximate surface area is 124 Å². The summed E-state index contributed by atoms with van der Waals surface area (Å²) in [6.07, 6.45) is 2.16. The number of carbonyl (C=O) groups excluding carboxylic acids is 1. The fraction of sp³-hybridized carbons (Fsp3) is 0.667. The number of amides is 1. The molecule has 0 radical (unpaired) electrons. The fourth-order valence-corrected chi connectivity index (χ4v) is 2.79. The number of hydrogen-bond donors (Lipinski definition) is 2. The maximum absolute atomic E-state index is 12.4. The van der Waals surface area contributed by atoms with Crippen molar-refractivity contribution in [2.45, 2.75) is 37.9 Å². The molecule has 1 saturated carbocycles. The van der Waals surface area contributed by atoms with E-state index in [1.807, 2.05) is 19.1 Å². The van der Waals surface area contributed by atoms with Crippen molar-refractivity contribution in [1.82, 2.24) is 10.2 Å². The summed E-state index contributed by atoms with van der Waals surface area (Å²) in [7, 11) is 0. The first-order chi connectivity index (χ1) is 10.2. The molecule has 21 heavy (non-hydrogen) atoms. The molecule has 2 aliphatic rings. The summed E-state index contributed by atoms with van der Waals surface area (Å²) in [6, 6.07) is 3.84. The van der Waals surface area contributed by atoms with Crippen LogP contribution in [0.15, 0.2) is 16.5 Å². The molecule has 1 aromatic rings. The molecule has 0 bridgehead atoms. The van der Waals surface area contributed by atoms with Crippen molar-refractivity contribution in [1.29, 1.82) is 0 Å². The summed E-state index contributed by atoms with van der Waals surface area (Å²) < 4.78 is 11.2. The highest BCUT2D eigenvalue weighted by atomic mass is 16.5. The highest BCUT2D eigenvalue weighted by Crippen LogP contribution is 2.26. The number of hydrogen-bond acceptors (Lipinski definition) is 5. The summed E-state index contributed by atoms with van der Waals surface area (Å²) >= 11 is 0. The molecule has 1 aromatic heterocycles. The highest BCUT2D eigenvalue weighted by molar-refractivity contribution is 5.82. The zero-order chi connectivity index (χ0) is 14.8. The summed E-state index contributed by atoms with van der Waals surface area (Å²) in [6.45, 7) is 4.04. The van der Waals surface area contributed by atoms with Crippen LogP contribution in [-0.2, 0) is 9.53 Å². The zero-order valence-electron chi connectivity index (χ0n) is 12.4. The fourth-order valence-electron chi connectivity index (χ4n) is 2.79. The van der Waals surface area contributed by atoms with Gasteiger partial charge in [0.25, 0.3) is 0 Å². The van der Waals surface area contributed by atoms with E-state index >= 15 is 0 Å². The van der Waals surface area contributed by atoms with Gasteiger partial charge in [0.15, 0.2) is 0 Å². The zero-order valence-corrected chi connectivity index (χ0v) is 12.4. The molecule has 3 rings (SSSR count). The van der Waals surface area contributed by atoms with Gasteiger partial charge < -0.3 is 20.2 Å². The lowest BCUT2D eigenvalue weighted by Gasteiger charge is -2.38. The molecule has 6 heteroatoms. The number of carbonyl (C=O) groups is 1. The van der Waals surface area contributed by atoms with Crippen LogP contribution in [-0.4, -0.2) is 49.2 Å². The first-order valence-corrected chi connectivity index (χ1v) is 7.59. The maximum Gasteiger partial charge on any atom is 0.239 e. The summed E-state index contributed by atoms with van der Waals surface area (Å²) in [5.41, 5.74) is 5.95. The normalized spacial score (nSPS) is 24.8. The monoisotopic (exact) mass is 293 g/mol. The number of nitrogens with two attached hydrogens (primary N) is 1. The van der Waals surface area contributed by atoms with Crippen molar-refractivity contribution in [2.75, 3.05) is 26.3 Å². The van der Waals surface area contributed by atoms with Crippen LogP contribution in [0.25, 0.3) is 0 Å². The van der Waals surface area contributed by atoms with Crippen LogP contribution in [0.2, 0.25) is 0 Å². The molecule has 0 aromatic carbocycles. The SMILES string of the molecule is Cc1ccc(C(CN)N2CCOCC2C(=O)NC2CC2)o1. The average Bonchev–Trinajstić information content (AvgIpc) is 3.20. The number of ether oxygens (including phenoxy) is 1. The van der Waals surface area contributed by atoms with Crippen LogP contribution in [0.4, 0.5) is 0 Å². The van der Waals surface area contributed by atoms with Crippen molar-refractivity contribution >= 4 is 5.91 Å². The van der Waals surface area contributed by atoms with Gasteiger partial charge in [-0.3, -0.25) is 9.69 Å². The maximum atomic E-state index is 12.4. The smallest absolute Gasteiger partial charge is 0.239 e. The van der Waals surface area contributed by atoms with Gasteiger partial charge in [-0.15, -0.1) is 0 Å². The minimum absolute atomic E-state index is 0.0407. The number of rotatable bonds is 5. The Morgan fingerprint density at radius 2 is 2.33 bits per heavy atom. The molecule has 3 N–H and O–H groups in total. The molecular weight excluding hydrogens is 270 g/mol. The Morgan fingerprint density at radius 3 is 2.95 bits per heavy atom. The molecule has 116 valence electrons. The number of aryl methyl sites for hydroxylation is 1. The molecule has 2 heterocycles. The van der Waals surface area contributed by atoms with Crippen LogP contribution >= 0.6 is 0 Å². The lowest BCUT2D eigenvalue weighted by molar-refractivity contribution is -0.135. The largest absolute Gasteiger partial charge is 0.465 e. The molecule has 1 saturated heterocycles. The number of morpholine rings is 1. The molecule has 2 fully saturated rings. The van der Waals surface area contributed by atoms with Gasteiger partial charge in [-0.25, -0.2) is 0 Å². The lowest BCUT2D eigenvalue weighted by atomic mass is 10.1. The average molecular weight is 293 g/mol. The second-order valence-corrected chi connectivity index (χ2v) is 5.81. The van der Waals surface area contributed by atoms with E-state index in [2.05, 4.69) is 10.2 Å². The Morgan fingerprint density at radius 1 is 1.52 bits per heavy atom. The van der Waals surface area contributed by atoms with E-state index in [0.29, 0.717) is 32.3 Å². The highest BCUT2D eigenvalue weighted by Gasteiger charge is 2.37. The first-order valence-electron chi connectivity index (χ1n) is 7.59. The van der Waals surface area contributed by atoms with Crippen LogP contribution in [0.3, 0.4) is 0 Å². The predicted octanol–water partition coefficient (Wildman–Crippen LogP) is 0.567. The Bertz CT molecular complexity index is 498. The van der Waals surface area contributed by atoms with Crippen LogP contribution in [0.5, 0.6) is 0 Å². The van der Waals surface area contributed by atoms with E-state index in [1.54, 1.807) is 0 Å². The van der Waals surface area contributed by atoms with Crippen molar-refractivity contribution in [2.24, 2.45) is 5.73 Å². The second-order valence-electron chi connectivity index (χ2n) is 5.81. The predicted molar refractivity (Wildman–Crippen MR) is 77.7 cm³/mol. The minimum atomic E-state index is -0.293. The van der Waals surface area contributed by atoms with Crippen LogP contribution in [0.1, 0.15) is 30.4 Å². The van der Waals surface area contributed by atoms with Gasteiger partial charge in [0.2, 0.25) is 5.91 Å². The third-order valence-electron chi connectivity index (χ3n) is 4.11. The number of nitrogens with one attached hydrogen (secondary N) is 1. The van der Waals surface area contributed by atoms with Crippen molar-refractivity contribution < 1.29 is 13.9 Å². The molecule has 1 aliphatic carbocycles. The molecule has 1 amide bonds.